The zero-order valence-electron chi connectivity index (χ0n) is 17.9. The van der Waals surface area contributed by atoms with Crippen molar-refractivity contribution < 1.29 is 0 Å². The number of hydrogen-bond acceptors (Lipinski definition) is 5. The van der Waals surface area contributed by atoms with Gasteiger partial charge in [-0.15, -0.1) is 0 Å². The molecule has 0 radical (unpaired) electrons. The highest BCUT2D eigenvalue weighted by Gasteiger charge is 2.17. The lowest BCUT2D eigenvalue weighted by atomic mass is 9.94. The minimum Gasteiger partial charge on any atom is -0.254 e. The number of fused-ring (bicyclic) bond motifs is 6. The SMILES string of the molecule is N#Cc1ccc(-c2cc3c4cccnc4c4ncccc4c3nc2-c2ccc(C#N)cc2)cc1. The van der Waals surface area contributed by atoms with E-state index in [4.69, 9.17) is 4.98 Å². The van der Waals surface area contributed by atoms with Gasteiger partial charge in [0.05, 0.1) is 45.5 Å². The molecule has 0 aliphatic rings. The minimum absolute atomic E-state index is 0.594. The van der Waals surface area contributed by atoms with Crippen molar-refractivity contribution in [2.45, 2.75) is 0 Å². The Kier molecular flexibility index (Phi) is 4.47. The third-order valence-electron chi connectivity index (χ3n) is 6.02. The van der Waals surface area contributed by atoms with Gasteiger partial charge >= 0.3 is 0 Å². The van der Waals surface area contributed by atoms with Crippen LogP contribution in [0.4, 0.5) is 0 Å². The van der Waals surface area contributed by atoms with Crippen LogP contribution in [0.3, 0.4) is 0 Å². The lowest BCUT2D eigenvalue weighted by molar-refractivity contribution is 1.36. The van der Waals surface area contributed by atoms with Crippen LogP contribution in [0.5, 0.6) is 0 Å². The van der Waals surface area contributed by atoms with E-state index in [1.165, 1.54) is 0 Å². The summed E-state index contributed by atoms with van der Waals surface area (Å²) in [5, 5.41) is 21.4. The fourth-order valence-electron chi connectivity index (χ4n) is 4.39. The predicted molar refractivity (Wildman–Crippen MR) is 133 cm³/mol. The van der Waals surface area contributed by atoms with Crippen molar-refractivity contribution in [3.05, 3.63) is 102 Å². The van der Waals surface area contributed by atoms with E-state index in [1.54, 1.807) is 24.5 Å². The van der Waals surface area contributed by atoms with Crippen LogP contribution in [0, 0.1) is 22.7 Å². The first-order chi connectivity index (χ1) is 16.8. The smallest absolute Gasteiger partial charge is 0.0991 e. The summed E-state index contributed by atoms with van der Waals surface area (Å²) in [5.74, 6) is 0. The highest BCUT2D eigenvalue weighted by Crippen LogP contribution is 2.38. The highest BCUT2D eigenvalue weighted by molar-refractivity contribution is 6.22. The third kappa shape index (κ3) is 3.04. The maximum Gasteiger partial charge on any atom is 0.0991 e. The van der Waals surface area contributed by atoms with E-state index in [9.17, 15) is 10.5 Å². The quantitative estimate of drug-likeness (QED) is 0.295. The first-order valence-corrected chi connectivity index (χ1v) is 10.7. The molecule has 0 fully saturated rings. The van der Waals surface area contributed by atoms with Crippen molar-refractivity contribution in [1.29, 1.82) is 10.5 Å². The molecule has 156 valence electrons. The Bertz CT molecular complexity index is 1670. The number of benzene rings is 3. The fourth-order valence-corrected chi connectivity index (χ4v) is 4.39. The standard InChI is InChI=1S/C29H15N5/c30-16-18-5-9-20(10-6-18)24-15-25-22-3-1-13-32-28(22)29-23(4-2-14-33-29)27(25)34-26(24)21-11-7-19(17-31)8-12-21/h1-15H. The monoisotopic (exact) mass is 433 g/mol. The lowest BCUT2D eigenvalue weighted by Gasteiger charge is -2.15. The number of aromatic nitrogens is 3. The maximum atomic E-state index is 9.24. The highest BCUT2D eigenvalue weighted by atomic mass is 14.8. The molecule has 0 unspecified atom stereocenters. The van der Waals surface area contributed by atoms with Gasteiger partial charge in [0.1, 0.15) is 0 Å². The minimum atomic E-state index is 0.594. The van der Waals surface area contributed by atoms with E-state index in [0.717, 1.165) is 55.1 Å². The number of hydrogen-bond donors (Lipinski definition) is 0. The molecule has 0 N–H and O–H groups in total. The van der Waals surface area contributed by atoms with Crippen LogP contribution in [-0.2, 0) is 0 Å². The molecular weight excluding hydrogens is 418 g/mol. The van der Waals surface area contributed by atoms with Gasteiger partial charge in [-0.25, -0.2) is 4.98 Å². The Morgan fingerprint density at radius 3 is 1.74 bits per heavy atom. The molecule has 34 heavy (non-hydrogen) atoms. The molecule has 3 aromatic carbocycles. The molecule has 0 saturated carbocycles. The van der Waals surface area contributed by atoms with Gasteiger partial charge in [0, 0.05) is 39.7 Å². The molecule has 0 amide bonds. The molecule has 0 atom stereocenters. The van der Waals surface area contributed by atoms with E-state index in [0.29, 0.717) is 11.1 Å². The van der Waals surface area contributed by atoms with Crippen molar-refractivity contribution >= 4 is 32.7 Å². The summed E-state index contributed by atoms with van der Waals surface area (Å²) in [6.07, 6.45) is 3.55. The van der Waals surface area contributed by atoms with Crippen molar-refractivity contribution in [3.8, 4) is 34.5 Å². The van der Waals surface area contributed by atoms with Gasteiger partial charge in [-0.3, -0.25) is 9.97 Å². The van der Waals surface area contributed by atoms with E-state index < -0.39 is 0 Å². The number of nitriles is 2. The Morgan fingerprint density at radius 2 is 1.12 bits per heavy atom. The van der Waals surface area contributed by atoms with Gasteiger partial charge in [0.2, 0.25) is 0 Å². The van der Waals surface area contributed by atoms with Crippen LogP contribution in [0.25, 0.3) is 55.1 Å². The predicted octanol–water partition coefficient (Wildman–Crippen LogP) is 6.41. The second kappa shape index (κ2) is 7.78. The average molecular weight is 433 g/mol. The van der Waals surface area contributed by atoms with E-state index >= 15 is 0 Å². The van der Waals surface area contributed by atoms with Crippen LogP contribution in [-0.4, -0.2) is 15.0 Å². The van der Waals surface area contributed by atoms with Gasteiger partial charge < -0.3 is 0 Å². The normalized spacial score (nSPS) is 10.9. The third-order valence-corrected chi connectivity index (χ3v) is 6.02. The van der Waals surface area contributed by atoms with Crippen LogP contribution >= 0.6 is 0 Å². The van der Waals surface area contributed by atoms with E-state index in [-0.39, 0.29) is 0 Å². The molecule has 3 aromatic heterocycles. The van der Waals surface area contributed by atoms with Gasteiger partial charge in [0.15, 0.2) is 0 Å². The Morgan fingerprint density at radius 1 is 0.559 bits per heavy atom. The second-order valence-electron chi connectivity index (χ2n) is 7.96. The summed E-state index contributed by atoms with van der Waals surface area (Å²) in [7, 11) is 0. The van der Waals surface area contributed by atoms with Crippen LogP contribution in [0.2, 0.25) is 0 Å². The second-order valence-corrected chi connectivity index (χ2v) is 7.96. The van der Waals surface area contributed by atoms with Gasteiger partial charge in [-0.2, -0.15) is 10.5 Å². The summed E-state index contributed by atoms with van der Waals surface area (Å²) < 4.78 is 0. The molecule has 6 rings (SSSR count). The number of pyridine rings is 3. The molecule has 0 spiro atoms. The van der Waals surface area contributed by atoms with E-state index in [1.807, 2.05) is 60.7 Å². The summed E-state index contributed by atoms with van der Waals surface area (Å²) in [5.41, 5.74) is 7.30. The molecule has 5 heteroatoms. The zero-order valence-corrected chi connectivity index (χ0v) is 17.9. The molecule has 6 aromatic rings. The fraction of sp³-hybridized carbons (Fsp3) is 0. The Labute approximate surface area is 195 Å². The van der Waals surface area contributed by atoms with Gasteiger partial charge in [0.25, 0.3) is 0 Å². The summed E-state index contributed by atoms with van der Waals surface area (Å²) >= 11 is 0. The van der Waals surface area contributed by atoms with Crippen molar-refractivity contribution in [2.24, 2.45) is 0 Å². The lowest BCUT2D eigenvalue weighted by Crippen LogP contribution is -1.95. The van der Waals surface area contributed by atoms with Crippen molar-refractivity contribution in [3.63, 3.8) is 0 Å². The first kappa shape index (κ1) is 19.5. The molecule has 5 nitrogen and oxygen atoms in total. The summed E-state index contributed by atoms with van der Waals surface area (Å²) in [6.45, 7) is 0. The number of rotatable bonds is 2. The molecule has 0 saturated heterocycles. The summed E-state index contributed by atoms with van der Waals surface area (Å²) in [6, 6.07) is 29.3. The van der Waals surface area contributed by atoms with Crippen molar-refractivity contribution in [1.82, 2.24) is 15.0 Å². The van der Waals surface area contributed by atoms with Crippen molar-refractivity contribution in [2.75, 3.05) is 0 Å². The molecule has 3 heterocycles. The van der Waals surface area contributed by atoms with Crippen LogP contribution < -0.4 is 0 Å². The summed E-state index contributed by atoms with van der Waals surface area (Å²) in [4.78, 5) is 14.4. The molecular formula is C29H15N5. The first-order valence-electron chi connectivity index (χ1n) is 10.7. The average Bonchev–Trinajstić information content (AvgIpc) is 2.92. The molecule has 0 bridgehead atoms. The maximum absolute atomic E-state index is 9.24. The van der Waals surface area contributed by atoms with E-state index in [2.05, 4.69) is 28.2 Å². The van der Waals surface area contributed by atoms with Gasteiger partial charge in [-0.05, 0) is 54.1 Å². The zero-order chi connectivity index (χ0) is 23.1. The van der Waals surface area contributed by atoms with Crippen LogP contribution in [0.15, 0.2) is 91.3 Å². The molecule has 0 aliphatic carbocycles. The van der Waals surface area contributed by atoms with Gasteiger partial charge in [-0.1, -0.05) is 30.3 Å². The topological polar surface area (TPSA) is 86.2 Å². The van der Waals surface area contributed by atoms with Crippen LogP contribution in [0.1, 0.15) is 11.1 Å². The largest absolute Gasteiger partial charge is 0.254 e. The number of nitrogens with zero attached hydrogens (tertiary/aromatic N) is 5. The molecule has 0 aliphatic heterocycles. The Balaban J connectivity index is 1.76. The Hall–Kier alpha value is -5.13.